The molecule has 0 radical (unpaired) electrons. The fourth-order valence-electron chi connectivity index (χ4n) is 7.91. The minimum absolute atomic E-state index is 0.198. The zero-order chi connectivity index (χ0) is 32.3. The molecule has 5 nitrogen and oxygen atoms in total. The van der Waals surface area contributed by atoms with Gasteiger partial charge in [-0.2, -0.15) is 0 Å². The molecular weight excluding hydrogens is 532 g/mol. The monoisotopic (exact) mass is 611 g/mol. The smallest absolute Gasteiger partial charge is 0.0636 e. The molecular formula is C38H78N2O3. The molecule has 258 valence electrons. The third-order valence-electron chi connectivity index (χ3n) is 11.8. The fourth-order valence-corrected chi connectivity index (χ4v) is 7.91. The molecule has 0 aromatic carbocycles. The highest BCUT2D eigenvalue weighted by molar-refractivity contribution is 5.01. The van der Waals surface area contributed by atoms with Gasteiger partial charge < -0.3 is 25.7 Å². The average molecular weight is 611 g/mol. The minimum atomic E-state index is 0.198. The van der Waals surface area contributed by atoms with Crippen molar-refractivity contribution in [1.82, 2.24) is 0 Å². The first-order chi connectivity index (χ1) is 20.5. The summed E-state index contributed by atoms with van der Waals surface area (Å²) < 4.78 is 19.5. The van der Waals surface area contributed by atoms with Gasteiger partial charge in [0.2, 0.25) is 0 Å². The molecule has 1 saturated carbocycles. The molecule has 1 aliphatic rings. The SMILES string of the molecule is CCCCO[C@@H](C)CC[C@](C)(CC[C@H](CC)OCCCN)[C@H](C)C[C@H](OCCCN)[C@@]1(C)[C@H](C)CC[C@@H]1[C@H](C)CCCC. The van der Waals surface area contributed by atoms with E-state index in [9.17, 15) is 0 Å². The van der Waals surface area contributed by atoms with E-state index in [2.05, 4.69) is 62.3 Å². The van der Waals surface area contributed by atoms with Crippen molar-refractivity contribution in [2.45, 2.75) is 177 Å². The molecule has 4 N–H and O–H groups in total. The van der Waals surface area contributed by atoms with Crippen LogP contribution in [0.3, 0.4) is 0 Å². The summed E-state index contributed by atoms with van der Waals surface area (Å²) in [5.74, 6) is 2.68. The number of hydrogen-bond acceptors (Lipinski definition) is 5. The standard InChI is InChI=1S/C38H78N2O3/c1-10-13-17-30(4)35-19-18-31(5)38(35,9)36(43-28-16-25-40)29-32(6)37(8,22-20-33(7)41-26-14-11-2)23-21-34(12-3)42-27-15-24-39/h30-36H,10-29,39-40H2,1-9H3/t30-,31-,32-,33+,34+,35-,36+,37-,38+/m1/s1. The summed E-state index contributed by atoms with van der Waals surface area (Å²) in [4.78, 5) is 0. The zero-order valence-corrected chi connectivity index (χ0v) is 30.6. The van der Waals surface area contributed by atoms with Gasteiger partial charge in [0.05, 0.1) is 18.3 Å². The lowest BCUT2D eigenvalue weighted by Crippen LogP contribution is -2.46. The van der Waals surface area contributed by atoms with Gasteiger partial charge in [-0.15, -0.1) is 0 Å². The summed E-state index contributed by atoms with van der Waals surface area (Å²) in [7, 11) is 0. The van der Waals surface area contributed by atoms with Gasteiger partial charge in [-0.05, 0) is 125 Å². The number of rotatable bonds is 27. The second kappa shape index (κ2) is 22.3. The van der Waals surface area contributed by atoms with Crippen LogP contribution in [0, 0.1) is 34.5 Å². The van der Waals surface area contributed by atoms with E-state index in [1.54, 1.807) is 0 Å². The molecule has 0 aliphatic heterocycles. The van der Waals surface area contributed by atoms with Crippen molar-refractivity contribution in [3.63, 3.8) is 0 Å². The maximum Gasteiger partial charge on any atom is 0.0636 e. The molecule has 0 amide bonds. The van der Waals surface area contributed by atoms with Crippen molar-refractivity contribution < 1.29 is 14.2 Å². The van der Waals surface area contributed by atoms with E-state index < -0.39 is 0 Å². The quantitative estimate of drug-likeness (QED) is 0.0905. The lowest BCUT2D eigenvalue weighted by molar-refractivity contribution is -0.100. The van der Waals surface area contributed by atoms with Gasteiger partial charge in [0.25, 0.3) is 0 Å². The number of unbranched alkanes of at least 4 members (excludes halogenated alkanes) is 2. The van der Waals surface area contributed by atoms with Gasteiger partial charge in [0.1, 0.15) is 0 Å². The molecule has 43 heavy (non-hydrogen) atoms. The zero-order valence-electron chi connectivity index (χ0n) is 30.6. The molecule has 0 saturated heterocycles. The lowest BCUT2D eigenvalue weighted by atomic mass is 9.61. The molecule has 9 atom stereocenters. The van der Waals surface area contributed by atoms with Gasteiger partial charge in [-0.3, -0.25) is 0 Å². The normalized spacial score (nSPS) is 25.7. The topological polar surface area (TPSA) is 79.7 Å². The number of hydrogen-bond donors (Lipinski definition) is 2. The van der Waals surface area contributed by atoms with Crippen LogP contribution in [0.2, 0.25) is 0 Å². The maximum absolute atomic E-state index is 6.95. The second-order valence-electron chi connectivity index (χ2n) is 15.0. The first kappa shape index (κ1) is 40.8. The summed E-state index contributed by atoms with van der Waals surface area (Å²) >= 11 is 0. The lowest BCUT2D eigenvalue weighted by Gasteiger charge is -2.48. The third kappa shape index (κ3) is 13.6. The van der Waals surface area contributed by atoms with E-state index in [1.165, 1.54) is 51.4 Å². The Hall–Kier alpha value is -0.200. The Kier molecular flexibility index (Phi) is 21.2. The number of nitrogens with two attached hydrogens (primary N) is 2. The Bertz CT molecular complexity index is 678. The predicted octanol–water partition coefficient (Wildman–Crippen LogP) is 9.54. The van der Waals surface area contributed by atoms with Crippen LogP contribution < -0.4 is 11.5 Å². The summed E-state index contributed by atoms with van der Waals surface area (Å²) in [6.45, 7) is 25.6. The van der Waals surface area contributed by atoms with Crippen molar-refractivity contribution in [3.8, 4) is 0 Å². The van der Waals surface area contributed by atoms with E-state index >= 15 is 0 Å². The van der Waals surface area contributed by atoms with E-state index in [-0.39, 0.29) is 16.9 Å². The van der Waals surface area contributed by atoms with Gasteiger partial charge >= 0.3 is 0 Å². The van der Waals surface area contributed by atoms with Crippen LogP contribution >= 0.6 is 0 Å². The van der Waals surface area contributed by atoms with Crippen molar-refractivity contribution in [1.29, 1.82) is 0 Å². The summed E-state index contributed by atoms with van der Waals surface area (Å²) in [5.41, 5.74) is 12.1. The van der Waals surface area contributed by atoms with Crippen molar-refractivity contribution in [2.24, 2.45) is 46.0 Å². The highest BCUT2D eigenvalue weighted by Crippen LogP contribution is 2.56. The van der Waals surface area contributed by atoms with Crippen LogP contribution in [0.5, 0.6) is 0 Å². The number of ether oxygens (including phenoxy) is 3. The summed E-state index contributed by atoms with van der Waals surface area (Å²) in [6.07, 6.45) is 18.5. The molecule has 1 aliphatic carbocycles. The summed E-state index contributed by atoms with van der Waals surface area (Å²) in [5, 5.41) is 0. The van der Waals surface area contributed by atoms with Crippen LogP contribution in [0.25, 0.3) is 0 Å². The van der Waals surface area contributed by atoms with E-state index in [1.807, 2.05) is 0 Å². The molecule has 1 rings (SSSR count). The first-order valence-corrected chi connectivity index (χ1v) is 18.8. The van der Waals surface area contributed by atoms with Crippen LogP contribution in [-0.4, -0.2) is 51.2 Å². The Labute approximate surface area is 269 Å². The Morgan fingerprint density at radius 2 is 1.40 bits per heavy atom. The van der Waals surface area contributed by atoms with Gasteiger partial charge in [-0.1, -0.05) is 81.1 Å². The molecule has 5 heteroatoms. The van der Waals surface area contributed by atoms with Crippen LogP contribution in [0.15, 0.2) is 0 Å². The van der Waals surface area contributed by atoms with Crippen molar-refractivity contribution in [3.05, 3.63) is 0 Å². The van der Waals surface area contributed by atoms with Crippen LogP contribution in [0.4, 0.5) is 0 Å². The molecule has 1 fully saturated rings. The van der Waals surface area contributed by atoms with E-state index in [0.29, 0.717) is 37.1 Å². The molecule has 0 aromatic heterocycles. The molecule has 0 unspecified atom stereocenters. The van der Waals surface area contributed by atoms with Crippen LogP contribution in [0.1, 0.15) is 159 Å². The van der Waals surface area contributed by atoms with E-state index in [0.717, 1.165) is 76.6 Å². The highest BCUT2D eigenvalue weighted by Gasteiger charge is 2.52. The minimum Gasteiger partial charge on any atom is -0.379 e. The van der Waals surface area contributed by atoms with Gasteiger partial charge in [0, 0.05) is 19.8 Å². The Morgan fingerprint density at radius 3 is 2.00 bits per heavy atom. The largest absolute Gasteiger partial charge is 0.379 e. The summed E-state index contributed by atoms with van der Waals surface area (Å²) in [6, 6.07) is 0. The molecule has 0 aromatic rings. The molecule has 0 bridgehead atoms. The van der Waals surface area contributed by atoms with Gasteiger partial charge in [-0.25, -0.2) is 0 Å². The average Bonchev–Trinajstić information content (AvgIpc) is 3.30. The predicted molar refractivity (Wildman–Crippen MR) is 186 cm³/mol. The van der Waals surface area contributed by atoms with Gasteiger partial charge in [0.15, 0.2) is 0 Å². The highest BCUT2D eigenvalue weighted by atomic mass is 16.5. The van der Waals surface area contributed by atoms with Crippen LogP contribution in [-0.2, 0) is 14.2 Å². The maximum atomic E-state index is 6.95. The Balaban J connectivity index is 3.23. The second-order valence-corrected chi connectivity index (χ2v) is 15.0. The van der Waals surface area contributed by atoms with Crippen molar-refractivity contribution >= 4 is 0 Å². The van der Waals surface area contributed by atoms with E-state index in [4.69, 9.17) is 25.7 Å². The Morgan fingerprint density at radius 1 is 0.791 bits per heavy atom. The molecule has 0 heterocycles. The molecule has 0 spiro atoms. The first-order valence-electron chi connectivity index (χ1n) is 18.8. The third-order valence-corrected chi connectivity index (χ3v) is 11.8. The van der Waals surface area contributed by atoms with Crippen molar-refractivity contribution in [2.75, 3.05) is 32.9 Å². The fraction of sp³-hybridized carbons (Fsp3) is 1.00.